The molecule has 0 saturated carbocycles. The molecular formula is C23H33N3O3. The van der Waals surface area contributed by atoms with Crippen LogP contribution in [0.15, 0.2) is 29.8 Å². The third-order valence-electron chi connectivity index (χ3n) is 6.31. The Labute approximate surface area is 173 Å². The number of hydrogen-bond donors (Lipinski definition) is 1. The molecule has 1 N–H and O–H groups in total. The minimum absolute atomic E-state index is 0.0666. The second-order valence-corrected chi connectivity index (χ2v) is 8.32. The predicted octanol–water partition coefficient (Wildman–Crippen LogP) is 2.93. The van der Waals surface area contributed by atoms with Crippen LogP contribution in [0.2, 0.25) is 0 Å². The van der Waals surface area contributed by atoms with E-state index in [0.29, 0.717) is 6.79 Å². The molecular weight excluding hydrogens is 366 g/mol. The van der Waals surface area contributed by atoms with Crippen LogP contribution in [0.1, 0.15) is 44.6 Å². The molecule has 0 unspecified atom stereocenters. The molecule has 0 spiro atoms. The molecule has 3 aliphatic rings. The average molecular weight is 400 g/mol. The summed E-state index contributed by atoms with van der Waals surface area (Å²) in [4.78, 5) is 17.3. The molecule has 158 valence electrons. The maximum Gasteiger partial charge on any atom is 0.237 e. The Kier molecular flexibility index (Phi) is 6.72. The molecule has 1 aromatic carbocycles. The van der Waals surface area contributed by atoms with E-state index in [9.17, 15) is 4.79 Å². The number of allylic oxidation sites excluding steroid dienone is 1. The van der Waals surface area contributed by atoms with Gasteiger partial charge in [0, 0.05) is 39.3 Å². The molecule has 1 aliphatic carbocycles. The van der Waals surface area contributed by atoms with E-state index < -0.39 is 0 Å². The fraction of sp³-hybridized carbons (Fsp3) is 0.609. The molecule has 1 aromatic rings. The Morgan fingerprint density at radius 3 is 2.76 bits per heavy atom. The number of ether oxygens (including phenoxy) is 2. The average Bonchev–Trinajstić information content (AvgIpc) is 3.22. The molecule has 0 bridgehead atoms. The molecule has 1 atom stereocenters. The molecule has 1 amide bonds. The Morgan fingerprint density at radius 2 is 1.97 bits per heavy atom. The van der Waals surface area contributed by atoms with Crippen LogP contribution in [0.4, 0.5) is 0 Å². The highest BCUT2D eigenvalue weighted by molar-refractivity contribution is 5.81. The van der Waals surface area contributed by atoms with E-state index in [1.165, 1.54) is 36.8 Å². The van der Waals surface area contributed by atoms with Gasteiger partial charge in [0.2, 0.25) is 12.7 Å². The van der Waals surface area contributed by atoms with Gasteiger partial charge in [0.15, 0.2) is 11.5 Å². The standard InChI is InChI=1S/C23H33N3O3/c1-18(23(27)24-10-9-19-5-3-2-4-6-19)26-13-11-25(12-14-26)16-20-7-8-21-22(15-20)29-17-28-21/h5,7-8,15,18H,2-4,6,9-14,16-17H2,1H3,(H,24,27)/t18-/m1/s1. The van der Waals surface area contributed by atoms with Crippen molar-refractivity contribution in [1.82, 2.24) is 15.1 Å². The van der Waals surface area contributed by atoms with Crippen molar-refractivity contribution in [3.05, 3.63) is 35.4 Å². The minimum atomic E-state index is -0.0666. The van der Waals surface area contributed by atoms with Gasteiger partial charge < -0.3 is 14.8 Å². The Bertz CT molecular complexity index is 741. The zero-order chi connectivity index (χ0) is 20.1. The maximum absolute atomic E-state index is 12.6. The number of benzene rings is 1. The number of nitrogens with one attached hydrogen (secondary N) is 1. The van der Waals surface area contributed by atoms with E-state index in [1.807, 2.05) is 13.0 Å². The summed E-state index contributed by atoms with van der Waals surface area (Å²) in [6, 6.07) is 6.11. The minimum Gasteiger partial charge on any atom is -0.454 e. The summed E-state index contributed by atoms with van der Waals surface area (Å²) < 4.78 is 10.9. The van der Waals surface area contributed by atoms with Gasteiger partial charge in [-0.1, -0.05) is 17.7 Å². The fourth-order valence-electron chi connectivity index (χ4n) is 4.40. The highest BCUT2D eigenvalue weighted by Crippen LogP contribution is 2.32. The zero-order valence-corrected chi connectivity index (χ0v) is 17.5. The first-order valence-corrected chi connectivity index (χ1v) is 11.0. The predicted molar refractivity (Wildman–Crippen MR) is 113 cm³/mol. The van der Waals surface area contributed by atoms with E-state index in [1.54, 1.807) is 0 Å². The molecule has 1 saturated heterocycles. The number of nitrogens with zero attached hydrogens (tertiary/aromatic N) is 2. The van der Waals surface area contributed by atoms with Crippen molar-refractivity contribution in [2.75, 3.05) is 39.5 Å². The lowest BCUT2D eigenvalue weighted by Gasteiger charge is -2.37. The van der Waals surface area contributed by atoms with Gasteiger partial charge in [-0.3, -0.25) is 14.6 Å². The van der Waals surface area contributed by atoms with Crippen molar-refractivity contribution in [1.29, 1.82) is 0 Å². The number of piperazine rings is 1. The number of carbonyl (C=O) groups excluding carboxylic acids is 1. The van der Waals surface area contributed by atoms with Crippen molar-refractivity contribution in [3.8, 4) is 11.5 Å². The lowest BCUT2D eigenvalue weighted by Crippen LogP contribution is -2.53. The van der Waals surface area contributed by atoms with Crippen LogP contribution in [0.25, 0.3) is 0 Å². The molecule has 0 aromatic heterocycles. The number of hydrogen-bond acceptors (Lipinski definition) is 5. The van der Waals surface area contributed by atoms with Crippen LogP contribution in [0.3, 0.4) is 0 Å². The third kappa shape index (κ3) is 5.31. The third-order valence-corrected chi connectivity index (χ3v) is 6.31. The van der Waals surface area contributed by atoms with Crippen molar-refractivity contribution >= 4 is 5.91 Å². The van der Waals surface area contributed by atoms with Crippen LogP contribution in [-0.4, -0.2) is 61.3 Å². The monoisotopic (exact) mass is 399 g/mol. The molecule has 6 heteroatoms. The van der Waals surface area contributed by atoms with Gasteiger partial charge in [-0.15, -0.1) is 0 Å². The molecule has 4 rings (SSSR count). The second-order valence-electron chi connectivity index (χ2n) is 8.32. The van der Waals surface area contributed by atoms with E-state index >= 15 is 0 Å². The Hall–Kier alpha value is -2.05. The summed E-state index contributed by atoms with van der Waals surface area (Å²) >= 11 is 0. The number of carbonyl (C=O) groups is 1. The van der Waals surface area contributed by atoms with Crippen molar-refractivity contribution in [2.45, 2.75) is 51.6 Å². The highest BCUT2D eigenvalue weighted by Gasteiger charge is 2.25. The quantitative estimate of drug-likeness (QED) is 0.715. The molecule has 2 heterocycles. The van der Waals surface area contributed by atoms with Gasteiger partial charge in [-0.2, -0.15) is 0 Å². The summed E-state index contributed by atoms with van der Waals surface area (Å²) in [6.07, 6.45) is 8.38. The lowest BCUT2D eigenvalue weighted by atomic mass is 9.97. The first-order chi connectivity index (χ1) is 14.2. The van der Waals surface area contributed by atoms with Crippen LogP contribution in [-0.2, 0) is 11.3 Å². The topological polar surface area (TPSA) is 54.0 Å². The smallest absolute Gasteiger partial charge is 0.237 e. The first-order valence-electron chi connectivity index (χ1n) is 11.0. The van der Waals surface area contributed by atoms with E-state index in [0.717, 1.165) is 57.2 Å². The number of fused-ring (bicyclic) bond motifs is 1. The van der Waals surface area contributed by atoms with E-state index in [4.69, 9.17) is 9.47 Å². The molecule has 6 nitrogen and oxygen atoms in total. The molecule has 2 aliphatic heterocycles. The number of amides is 1. The van der Waals surface area contributed by atoms with Gasteiger partial charge in [0.25, 0.3) is 0 Å². The van der Waals surface area contributed by atoms with E-state index in [2.05, 4.69) is 33.3 Å². The summed E-state index contributed by atoms with van der Waals surface area (Å²) in [5, 5.41) is 3.14. The lowest BCUT2D eigenvalue weighted by molar-refractivity contribution is -0.126. The Balaban J connectivity index is 1.18. The summed E-state index contributed by atoms with van der Waals surface area (Å²) in [5.74, 6) is 1.83. The van der Waals surface area contributed by atoms with Crippen molar-refractivity contribution < 1.29 is 14.3 Å². The molecule has 29 heavy (non-hydrogen) atoms. The molecule has 1 fully saturated rings. The van der Waals surface area contributed by atoms with E-state index in [-0.39, 0.29) is 11.9 Å². The van der Waals surface area contributed by atoms with Crippen LogP contribution in [0, 0.1) is 0 Å². The largest absolute Gasteiger partial charge is 0.454 e. The van der Waals surface area contributed by atoms with Gasteiger partial charge in [-0.05, 0) is 56.7 Å². The summed E-state index contributed by atoms with van der Waals surface area (Å²) in [6.45, 7) is 7.80. The number of rotatable bonds is 7. The van der Waals surface area contributed by atoms with Crippen LogP contribution in [0.5, 0.6) is 11.5 Å². The SMILES string of the molecule is C[C@H](C(=O)NCCC1=CCCCC1)N1CCN(Cc2ccc3c(c2)OCO3)CC1. The second kappa shape index (κ2) is 9.63. The van der Waals surface area contributed by atoms with Crippen LogP contribution < -0.4 is 14.8 Å². The Morgan fingerprint density at radius 1 is 1.14 bits per heavy atom. The normalized spacial score (nSPS) is 20.9. The van der Waals surface area contributed by atoms with Gasteiger partial charge in [-0.25, -0.2) is 0 Å². The first kappa shape index (κ1) is 20.2. The zero-order valence-electron chi connectivity index (χ0n) is 17.5. The van der Waals surface area contributed by atoms with Gasteiger partial charge >= 0.3 is 0 Å². The summed E-state index contributed by atoms with van der Waals surface area (Å²) in [7, 11) is 0. The van der Waals surface area contributed by atoms with Gasteiger partial charge in [0.1, 0.15) is 0 Å². The van der Waals surface area contributed by atoms with Crippen molar-refractivity contribution in [2.24, 2.45) is 0 Å². The van der Waals surface area contributed by atoms with Crippen LogP contribution >= 0.6 is 0 Å². The van der Waals surface area contributed by atoms with Crippen molar-refractivity contribution in [3.63, 3.8) is 0 Å². The highest BCUT2D eigenvalue weighted by atomic mass is 16.7. The maximum atomic E-state index is 12.6. The van der Waals surface area contributed by atoms with Gasteiger partial charge in [0.05, 0.1) is 6.04 Å². The fourth-order valence-corrected chi connectivity index (χ4v) is 4.40. The molecule has 0 radical (unpaired) electrons. The summed E-state index contributed by atoms with van der Waals surface area (Å²) in [5.41, 5.74) is 2.76.